The number of hydrogen-bond donors (Lipinski definition) is 1. The molecule has 0 unspecified atom stereocenters. The zero-order valence-corrected chi connectivity index (χ0v) is 18.6. The highest BCUT2D eigenvalue weighted by atomic mass is 35.5. The molecule has 0 saturated carbocycles. The summed E-state index contributed by atoms with van der Waals surface area (Å²) >= 11 is 9.04. The normalized spacial score (nSPS) is 13.7. The highest BCUT2D eigenvalue weighted by Crippen LogP contribution is 2.42. The minimum absolute atomic E-state index is 0.0221. The van der Waals surface area contributed by atoms with E-state index in [4.69, 9.17) is 21.1 Å². The molecule has 0 spiro atoms. The molecule has 0 saturated heterocycles. The Kier molecular flexibility index (Phi) is 5.33. The maximum atomic E-state index is 13.0. The number of carbonyl (C=O) groups is 1. The van der Waals surface area contributed by atoms with Gasteiger partial charge in [0.1, 0.15) is 6.61 Å². The minimum Gasteiger partial charge on any atom is -0.493 e. The van der Waals surface area contributed by atoms with Crippen LogP contribution in [0, 0.1) is 0 Å². The fraction of sp³-hybridized carbons (Fsp3) is 0.286. The van der Waals surface area contributed by atoms with E-state index >= 15 is 0 Å². The third-order valence-corrected chi connectivity index (χ3v) is 7.02. The van der Waals surface area contributed by atoms with E-state index < -0.39 is 5.60 Å². The second kappa shape index (κ2) is 7.65. The molecule has 2 aromatic heterocycles. The number of anilines is 1. The summed E-state index contributed by atoms with van der Waals surface area (Å²) in [6, 6.07) is 11.3. The van der Waals surface area contributed by atoms with Crippen LogP contribution in [0.25, 0.3) is 9.75 Å². The van der Waals surface area contributed by atoms with Crippen molar-refractivity contribution in [3.8, 4) is 21.3 Å². The molecule has 8 heteroatoms. The van der Waals surface area contributed by atoms with Crippen molar-refractivity contribution in [1.82, 2.24) is 0 Å². The SMILES string of the molecule is COc1cc(N2Cc3cc(-c4ccc(Cl)s4)sc3C2=O)ccc1OCC(C)(C)O. The Morgan fingerprint density at radius 2 is 1.93 bits per heavy atom. The van der Waals surface area contributed by atoms with Crippen LogP contribution in [0.4, 0.5) is 5.69 Å². The van der Waals surface area contributed by atoms with E-state index in [-0.39, 0.29) is 12.5 Å². The number of amides is 1. The van der Waals surface area contributed by atoms with Gasteiger partial charge in [0.15, 0.2) is 11.5 Å². The van der Waals surface area contributed by atoms with Crippen LogP contribution in [0.3, 0.4) is 0 Å². The Morgan fingerprint density at radius 3 is 2.55 bits per heavy atom. The number of benzene rings is 1. The number of nitrogens with zero attached hydrogens (tertiary/aromatic N) is 1. The Morgan fingerprint density at radius 1 is 1.14 bits per heavy atom. The molecule has 0 radical (unpaired) electrons. The van der Waals surface area contributed by atoms with Gasteiger partial charge in [-0.3, -0.25) is 4.79 Å². The molecular weight excluding hydrogens is 430 g/mol. The number of carbonyl (C=O) groups excluding carboxylic acids is 1. The van der Waals surface area contributed by atoms with Crippen molar-refractivity contribution in [2.45, 2.75) is 26.0 Å². The van der Waals surface area contributed by atoms with Gasteiger partial charge in [-0.25, -0.2) is 0 Å². The molecule has 1 amide bonds. The summed E-state index contributed by atoms with van der Waals surface area (Å²) in [6.45, 7) is 4.00. The van der Waals surface area contributed by atoms with E-state index in [1.165, 1.54) is 22.7 Å². The van der Waals surface area contributed by atoms with Crippen molar-refractivity contribution in [3.05, 3.63) is 51.2 Å². The van der Waals surface area contributed by atoms with Gasteiger partial charge in [-0.15, -0.1) is 22.7 Å². The van der Waals surface area contributed by atoms with E-state index in [9.17, 15) is 9.90 Å². The molecule has 3 aromatic rings. The first-order valence-electron chi connectivity index (χ1n) is 8.98. The molecule has 1 aliphatic heterocycles. The lowest BCUT2D eigenvalue weighted by molar-refractivity contribution is 0.0276. The van der Waals surface area contributed by atoms with Crippen LogP contribution in [-0.2, 0) is 6.54 Å². The second-order valence-corrected chi connectivity index (χ2v) is 10.2. The Balaban J connectivity index is 1.55. The standard InChI is InChI=1S/C21H20ClNO4S2/c1-21(2,25)11-27-14-5-4-13(9-15(14)26-3)23-10-12-8-17(29-19(12)20(23)24)16-6-7-18(22)28-16/h4-9,25H,10-11H2,1-3H3. The molecule has 0 atom stereocenters. The maximum Gasteiger partial charge on any atom is 0.269 e. The van der Waals surface area contributed by atoms with Gasteiger partial charge in [0.2, 0.25) is 0 Å². The predicted molar refractivity (Wildman–Crippen MR) is 118 cm³/mol. The van der Waals surface area contributed by atoms with E-state index in [1.807, 2.05) is 18.2 Å². The molecule has 1 N–H and O–H groups in total. The fourth-order valence-electron chi connectivity index (χ4n) is 3.07. The van der Waals surface area contributed by atoms with Gasteiger partial charge in [-0.1, -0.05) is 11.6 Å². The number of methoxy groups -OCH3 is 1. The summed E-state index contributed by atoms with van der Waals surface area (Å²) in [7, 11) is 1.55. The number of aliphatic hydroxyl groups is 1. The highest BCUT2D eigenvalue weighted by molar-refractivity contribution is 7.25. The van der Waals surface area contributed by atoms with Gasteiger partial charge in [0, 0.05) is 21.5 Å². The van der Waals surface area contributed by atoms with Crippen LogP contribution in [0.2, 0.25) is 4.34 Å². The van der Waals surface area contributed by atoms with E-state index in [1.54, 1.807) is 38.0 Å². The number of ether oxygens (including phenoxy) is 2. The third kappa shape index (κ3) is 4.14. The van der Waals surface area contributed by atoms with Gasteiger partial charge >= 0.3 is 0 Å². The molecule has 3 heterocycles. The van der Waals surface area contributed by atoms with Crippen molar-refractivity contribution in [3.63, 3.8) is 0 Å². The zero-order valence-electron chi connectivity index (χ0n) is 16.2. The van der Waals surface area contributed by atoms with E-state index in [0.29, 0.717) is 18.0 Å². The quantitative estimate of drug-likeness (QED) is 0.543. The van der Waals surface area contributed by atoms with Gasteiger partial charge < -0.3 is 19.5 Å². The average molecular weight is 450 g/mol. The Hall–Kier alpha value is -2.06. The summed E-state index contributed by atoms with van der Waals surface area (Å²) in [5.74, 6) is 1.02. The number of hydrogen-bond acceptors (Lipinski definition) is 6. The predicted octanol–water partition coefficient (Wildman–Crippen LogP) is 5.45. The Bertz CT molecular complexity index is 1070. The van der Waals surface area contributed by atoms with Crippen molar-refractivity contribution < 1.29 is 19.4 Å². The van der Waals surface area contributed by atoms with Crippen LogP contribution in [0.5, 0.6) is 11.5 Å². The van der Waals surface area contributed by atoms with Crippen LogP contribution < -0.4 is 14.4 Å². The zero-order chi connectivity index (χ0) is 20.8. The van der Waals surface area contributed by atoms with Crippen molar-refractivity contribution in [2.75, 3.05) is 18.6 Å². The highest BCUT2D eigenvalue weighted by Gasteiger charge is 2.32. The first-order chi connectivity index (χ1) is 13.7. The average Bonchev–Trinajstić information content (AvgIpc) is 3.35. The first-order valence-corrected chi connectivity index (χ1v) is 11.0. The topological polar surface area (TPSA) is 59.0 Å². The lowest BCUT2D eigenvalue weighted by Crippen LogP contribution is -2.28. The summed E-state index contributed by atoms with van der Waals surface area (Å²) in [6.07, 6.45) is 0. The monoisotopic (exact) mass is 449 g/mol. The largest absolute Gasteiger partial charge is 0.493 e. The van der Waals surface area contributed by atoms with E-state index in [2.05, 4.69) is 6.07 Å². The fourth-order valence-corrected chi connectivity index (χ4v) is 5.31. The number of rotatable bonds is 6. The molecule has 1 aromatic carbocycles. The Labute approximate surface area is 182 Å². The van der Waals surface area contributed by atoms with Gasteiger partial charge in [0.05, 0.1) is 28.5 Å². The first kappa shape index (κ1) is 20.2. The number of fused-ring (bicyclic) bond motifs is 1. The molecule has 29 heavy (non-hydrogen) atoms. The van der Waals surface area contributed by atoms with Gasteiger partial charge in [-0.05, 0) is 49.7 Å². The summed E-state index contributed by atoms with van der Waals surface area (Å²) in [5.41, 5.74) is 0.806. The van der Waals surface area contributed by atoms with Crippen molar-refractivity contribution in [1.29, 1.82) is 0 Å². The molecule has 0 bridgehead atoms. The number of thiophene rings is 2. The molecule has 5 nitrogen and oxygen atoms in total. The van der Waals surface area contributed by atoms with Crippen LogP contribution in [0.1, 0.15) is 29.1 Å². The van der Waals surface area contributed by atoms with E-state index in [0.717, 1.165) is 30.2 Å². The summed E-state index contributed by atoms with van der Waals surface area (Å²) in [4.78, 5) is 17.6. The minimum atomic E-state index is -0.951. The lowest BCUT2D eigenvalue weighted by atomic mass is 10.2. The molecule has 4 rings (SSSR count). The van der Waals surface area contributed by atoms with Gasteiger partial charge in [-0.2, -0.15) is 0 Å². The second-order valence-electron chi connectivity index (χ2n) is 7.40. The summed E-state index contributed by atoms with van der Waals surface area (Å²) < 4.78 is 11.8. The lowest BCUT2D eigenvalue weighted by Gasteiger charge is -2.21. The molecule has 1 aliphatic rings. The molecule has 0 aliphatic carbocycles. The molecule has 0 fully saturated rings. The van der Waals surface area contributed by atoms with Gasteiger partial charge in [0.25, 0.3) is 5.91 Å². The third-order valence-electron chi connectivity index (χ3n) is 4.43. The maximum absolute atomic E-state index is 13.0. The van der Waals surface area contributed by atoms with Crippen LogP contribution in [0.15, 0.2) is 36.4 Å². The smallest absolute Gasteiger partial charge is 0.269 e. The number of halogens is 1. The summed E-state index contributed by atoms with van der Waals surface area (Å²) in [5, 5.41) is 9.86. The van der Waals surface area contributed by atoms with Crippen molar-refractivity contribution >= 4 is 45.9 Å². The van der Waals surface area contributed by atoms with Crippen LogP contribution >= 0.6 is 34.3 Å². The van der Waals surface area contributed by atoms with Crippen molar-refractivity contribution in [2.24, 2.45) is 0 Å². The van der Waals surface area contributed by atoms with Crippen LogP contribution in [-0.4, -0.2) is 30.3 Å². The molecular formula is C21H20ClNO4S2. The molecule has 152 valence electrons.